The van der Waals surface area contributed by atoms with Crippen LogP contribution in [-0.4, -0.2) is 44.6 Å². The number of ether oxygens (including phenoxy) is 1. The van der Waals surface area contributed by atoms with Crippen LogP contribution in [0, 0.1) is 11.7 Å². The molecule has 0 radical (unpaired) electrons. The molecule has 10 heteroatoms. The summed E-state index contributed by atoms with van der Waals surface area (Å²) in [5.41, 5.74) is 3.80. The molecule has 2 fully saturated rings. The summed E-state index contributed by atoms with van der Waals surface area (Å²) in [5.74, 6) is -3.85. The van der Waals surface area contributed by atoms with Crippen LogP contribution in [0.3, 0.4) is 0 Å². The maximum atomic E-state index is 15.4. The number of para-hydroxylation sites is 1. The van der Waals surface area contributed by atoms with E-state index in [1.165, 1.54) is 11.0 Å². The fourth-order valence-electron chi connectivity index (χ4n) is 6.47. The van der Waals surface area contributed by atoms with Crippen molar-refractivity contribution in [3.63, 3.8) is 0 Å². The molecule has 1 saturated heterocycles. The number of carbonyl (C=O) groups is 1. The summed E-state index contributed by atoms with van der Waals surface area (Å²) in [5, 5.41) is 11.1. The number of hydrogen-bond donors (Lipinski definition) is 1. The van der Waals surface area contributed by atoms with Crippen LogP contribution in [0.25, 0.3) is 21.9 Å². The molecular formula is C34H31F3N4O3. The van der Waals surface area contributed by atoms with E-state index >= 15 is 4.39 Å². The SMILES string of the molecule is O=C(O)[C@H]1CCCC[C@H]1c1nc2cc(OCc3ccc4ccccc4n3)ccc2n1Cc1ccc(N2CC(F)(F)C2)cc1F. The lowest BCUT2D eigenvalue weighted by Crippen LogP contribution is -2.56. The Kier molecular flexibility index (Phi) is 7.14. The van der Waals surface area contributed by atoms with Crippen molar-refractivity contribution < 1.29 is 27.8 Å². The molecule has 0 amide bonds. The summed E-state index contributed by atoms with van der Waals surface area (Å²) in [6, 6.07) is 21.9. The van der Waals surface area contributed by atoms with Gasteiger partial charge in [0.15, 0.2) is 0 Å². The Balaban J connectivity index is 1.20. The zero-order valence-electron chi connectivity index (χ0n) is 23.9. The van der Waals surface area contributed by atoms with Crippen molar-refractivity contribution in [1.82, 2.24) is 14.5 Å². The largest absolute Gasteiger partial charge is 0.487 e. The van der Waals surface area contributed by atoms with Gasteiger partial charge in [-0.3, -0.25) is 4.79 Å². The Morgan fingerprint density at radius 3 is 2.57 bits per heavy atom. The van der Waals surface area contributed by atoms with Crippen molar-refractivity contribution in [3.05, 3.63) is 95.7 Å². The van der Waals surface area contributed by atoms with Crippen molar-refractivity contribution >= 4 is 33.6 Å². The van der Waals surface area contributed by atoms with Gasteiger partial charge in [-0.05, 0) is 49.2 Å². The minimum Gasteiger partial charge on any atom is -0.487 e. The molecule has 7 nitrogen and oxygen atoms in total. The third kappa shape index (κ3) is 5.44. The monoisotopic (exact) mass is 600 g/mol. The number of rotatable bonds is 8. The predicted molar refractivity (Wildman–Crippen MR) is 161 cm³/mol. The lowest BCUT2D eigenvalue weighted by atomic mass is 9.78. The van der Waals surface area contributed by atoms with Gasteiger partial charge in [0.05, 0.1) is 47.8 Å². The third-order valence-electron chi connectivity index (χ3n) is 8.78. The molecule has 1 saturated carbocycles. The molecule has 44 heavy (non-hydrogen) atoms. The van der Waals surface area contributed by atoms with Gasteiger partial charge >= 0.3 is 5.97 Å². The van der Waals surface area contributed by atoms with Crippen molar-refractivity contribution in [3.8, 4) is 5.75 Å². The molecule has 3 aromatic carbocycles. The number of nitrogens with zero attached hydrogens (tertiary/aromatic N) is 4. The number of alkyl halides is 2. The standard InChI is InChI=1S/C34H31F3N4O3/c35-28-15-24(40-19-34(36,37)20-40)12-10-22(28)17-41-31-14-13-25(44-18-23-11-9-21-5-1-4-8-29(21)38-23)16-30(31)39-32(41)26-6-2-3-7-27(26)33(42)43/h1,4-5,8-16,26-27H,2-3,6-7,17-20H2,(H,42,43)/t26-,27+/m1/s1. The zero-order valence-corrected chi connectivity index (χ0v) is 23.9. The fourth-order valence-corrected chi connectivity index (χ4v) is 6.47. The second-order valence-electron chi connectivity index (χ2n) is 11.8. The second-order valence-corrected chi connectivity index (χ2v) is 11.8. The number of halogens is 3. The average Bonchev–Trinajstić information content (AvgIpc) is 3.36. The Morgan fingerprint density at radius 1 is 0.955 bits per heavy atom. The van der Waals surface area contributed by atoms with E-state index in [1.54, 1.807) is 12.1 Å². The van der Waals surface area contributed by atoms with E-state index < -0.39 is 36.7 Å². The van der Waals surface area contributed by atoms with E-state index in [0.717, 1.165) is 35.0 Å². The minimum atomic E-state index is -2.75. The van der Waals surface area contributed by atoms with Gasteiger partial charge in [-0.2, -0.15) is 0 Å². The number of carboxylic acid groups (broad SMARTS) is 1. The van der Waals surface area contributed by atoms with E-state index in [1.807, 2.05) is 59.2 Å². The normalized spacial score (nSPS) is 19.7. The average molecular weight is 601 g/mol. The van der Waals surface area contributed by atoms with Crippen LogP contribution in [0.1, 0.15) is 48.7 Å². The molecule has 226 valence electrons. The summed E-state index contributed by atoms with van der Waals surface area (Å²) in [6.45, 7) is -0.477. The third-order valence-corrected chi connectivity index (χ3v) is 8.78. The van der Waals surface area contributed by atoms with Gasteiger partial charge in [0, 0.05) is 28.6 Å². The minimum absolute atomic E-state index is 0.123. The number of carboxylic acids is 1. The van der Waals surface area contributed by atoms with E-state index in [4.69, 9.17) is 9.72 Å². The number of fused-ring (bicyclic) bond motifs is 2. The van der Waals surface area contributed by atoms with Crippen LogP contribution in [0.5, 0.6) is 5.75 Å². The van der Waals surface area contributed by atoms with E-state index in [2.05, 4.69) is 4.98 Å². The molecule has 5 aromatic rings. The molecule has 2 aromatic heterocycles. The number of benzene rings is 3. The summed E-state index contributed by atoms with van der Waals surface area (Å²) >= 11 is 0. The summed E-state index contributed by atoms with van der Waals surface area (Å²) < 4.78 is 50.1. The maximum absolute atomic E-state index is 15.4. The number of aromatic nitrogens is 3. The fraction of sp³-hybridized carbons (Fsp3) is 0.324. The van der Waals surface area contributed by atoms with Crippen molar-refractivity contribution in [2.24, 2.45) is 5.92 Å². The van der Waals surface area contributed by atoms with Crippen molar-refractivity contribution in [2.75, 3.05) is 18.0 Å². The topological polar surface area (TPSA) is 80.5 Å². The first-order valence-corrected chi connectivity index (χ1v) is 14.9. The smallest absolute Gasteiger partial charge is 0.307 e. The number of hydrogen-bond acceptors (Lipinski definition) is 5. The van der Waals surface area contributed by atoms with Gasteiger partial charge in [-0.1, -0.05) is 43.2 Å². The van der Waals surface area contributed by atoms with Crippen LogP contribution >= 0.6 is 0 Å². The molecule has 0 bridgehead atoms. The highest BCUT2D eigenvalue weighted by atomic mass is 19.3. The molecule has 0 unspecified atom stereocenters. The molecule has 1 N–H and O–H groups in total. The van der Waals surface area contributed by atoms with Gasteiger partial charge in [-0.15, -0.1) is 0 Å². The first-order chi connectivity index (χ1) is 21.2. The van der Waals surface area contributed by atoms with E-state index in [-0.39, 0.29) is 19.1 Å². The zero-order chi connectivity index (χ0) is 30.4. The van der Waals surface area contributed by atoms with Crippen LogP contribution in [0.15, 0.2) is 72.8 Å². The number of anilines is 1. The van der Waals surface area contributed by atoms with Crippen LogP contribution in [0.2, 0.25) is 0 Å². The van der Waals surface area contributed by atoms with Gasteiger partial charge in [-0.25, -0.2) is 23.1 Å². The Hall–Kier alpha value is -4.60. The van der Waals surface area contributed by atoms with Crippen molar-refractivity contribution in [1.29, 1.82) is 0 Å². The predicted octanol–water partition coefficient (Wildman–Crippen LogP) is 7.16. The summed E-state index contributed by atoms with van der Waals surface area (Å²) in [7, 11) is 0. The van der Waals surface area contributed by atoms with Crippen LogP contribution in [0.4, 0.5) is 18.9 Å². The molecule has 0 spiro atoms. The van der Waals surface area contributed by atoms with E-state index in [0.29, 0.717) is 41.2 Å². The number of imidazole rings is 1. The van der Waals surface area contributed by atoms with Gasteiger partial charge in [0.25, 0.3) is 5.92 Å². The number of aliphatic carboxylic acids is 1. The van der Waals surface area contributed by atoms with Gasteiger partial charge in [0.1, 0.15) is 24.0 Å². The Morgan fingerprint density at radius 2 is 1.77 bits per heavy atom. The molecule has 3 heterocycles. The quantitative estimate of drug-likeness (QED) is 0.204. The van der Waals surface area contributed by atoms with Gasteiger partial charge < -0.3 is 19.3 Å². The number of pyridine rings is 1. The highest BCUT2D eigenvalue weighted by molar-refractivity contribution is 5.79. The summed E-state index contributed by atoms with van der Waals surface area (Å²) in [4.78, 5) is 23.3. The second kappa shape index (κ2) is 11.2. The van der Waals surface area contributed by atoms with E-state index in [9.17, 15) is 18.7 Å². The highest BCUT2D eigenvalue weighted by Gasteiger charge is 2.44. The summed E-state index contributed by atoms with van der Waals surface area (Å²) in [6.07, 6.45) is 2.94. The molecule has 1 aliphatic heterocycles. The van der Waals surface area contributed by atoms with Gasteiger partial charge in [0.2, 0.25) is 0 Å². The Labute approximate surface area is 251 Å². The molecule has 7 rings (SSSR count). The maximum Gasteiger partial charge on any atom is 0.307 e. The van der Waals surface area contributed by atoms with Crippen LogP contribution in [-0.2, 0) is 17.9 Å². The molecule has 1 aliphatic carbocycles. The molecular weight excluding hydrogens is 569 g/mol. The lowest BCUT2D eigenvalue weighted by Gasteiger charge is -2.40. The van der Waals surface area contributed by atoms with Crippen molar-refractivity contribution in [2.45, 2.75) is 50.7 Å². The molecule has 2 aliphatic rings. The first kappa shape index (κ1) is 28.2. The Bertz CT molecular complexity index is 1870. The highest BCUT2D eigenvalue weighted by Crippen LogP contribution is 2.40. The molecule has 2 atom stereocenters. The first-order valence-electron chi connectivity index (χ1n) is 14.9. The lowest BCUT2D eigenvalue weighted by molar-refractivity contribution is -0.143. The van der Waals surface area contributed by atoms with Crippen LogP contribution < -0.4 is 9.64 Å².